The van der Waals surface area contributed by atoms with Gasteiger partial charge in [-0.05, 0) is 26.2 Å². The van der Waals surface area contributed by atoms with Gasteiger partial charge in [-0.3, -0.25) is 4.79 Å². The largest absolute Gasteiger partial charge is 0.480 e. The minimum atomic E-state index is -0.897. The molecule has 1 aromatic heterocycles. The molecule has 0 amide bonds. The van der Waals surface area contributed by atoms with Gasteiger partial charge in [-0.25, -0.2) is 9.78 Å². The number of carbonyl (C=O) groups is 1. The molecular formula is C13H19N3O3. The lowest BCUT2D eigenvalue weighted by molar-refractivity contribution is -0.139. The Labute approximate surface area is 111 Å². The highest BCUT2D eigenvalue weighted by Crippen LogP contribution is 2.26. The molecule has 0 saturated carbocycles. The third-order valence-corrected chi connectivity index (χ3v) is 3.63. The maximum Gasteiger partial charge on any atom is 0.326 e. The van der Waals surface area contributed by atoms with Crippen molar-refractivity contribution in [2.75, 3.05) is 11.4 Å². The number of carboxylic acid groups (broad SMARTS) is 1. The van der Waals surface area contributed by atoms with Gasteiger partial charge >= 0.3 is 5.97 Å². The fourth-order valence-corrected chi connectivity index (χ4v) is 2.58. The molecule has 1 aliphatic heterocycles. The summed E-state index contributed by atoms with van der Waals surface area (Å²) in [6.45, 7) is 6.27. The van der Waals surface area contributed by atoms with Gasteiger partial charge in [0.25, 0.3) is 5.56 Å². The van der Waals surface area contributed by atoms with E-state index in [0.29, 0.717) is 6.54 Å². The number of nitrogens with zero attached hydrogens (tertiary/aromatic N) is 3. The van der Waals surface area contributed by atoms with Crippen LogP contribution in [0.15, 0.2) is 17.2 Å². The van der Waals surface area contributed by atoms with E-state index in [-0.39, 0.29) is 23.3 Å². The first-order valence-corrected chi connectivity index (χ1v) is 6.50. The molecule has 104 valence electrons. The highest BCUT2D eigenvalue weighted by molar-refractivity contribution is 5.78. The molecule has 1 fully saturated rings. The minimum Gasteiger partial charge on any atom is -0.480 e. The zero-order chi connectivity index (χ0) is 14.2. The van der Waals surface area contributed by atoms with Crippen LogP contribution < -0.4 is 10.5 Å². The van der Waals surface area contributed by atoms with E-state index >= 15 is 0 Å². The quantitative estimate of drug-likeness (QED) is 0.886. The van der Waals surface area contributed by atoms with Crippen LogP contribution in [0, 0.1) is 5.92 Å². The molecule has 2 rings (SSSR count). The highest BCUT2D eigenvalue weighted by Gasteiger charge is 2.38. The summed E-state index contributed by atoms with van der Waals surface area (Å²) in [5, 5.41) is 9.31. The topological polar surface area (TPSA) is 75.4 Å². The summed E-state index contributed by atoms with van der Waals surface area (Å²) >= 11 is 0. The molecule has 0 bridgehead atoms. The van der Waals surface area contributed by atoms with Gasteiger partial charge in [0.1, 0.15) is 6.04 Å². The summed E-state index contributed by atoms with van der Waals surface area (Å²) < 4.78 is 1.57. The lowest BCUT2D eigenvalue weighted by Crippen LogP contribution is -2.43. The van der Waals surface area contributed by atoms with Crippen molar-refractivity contribution in [1.82, 2.24) is 9.55 Å². The predicted molar refractivity (Wildman–Crippen MR) is 71.4 cm³/mol. The zero-order valence-electron chi connectivity index (χ0n) is 11.4. The van der Waals surface area contributed by atoms with Crippen LogP contribution in [0.4, 0.5) is 5.82 Å². The van der Waals surface area contributed by atoms with E-state index in [4.69, 9.17) is 0 Å². The second-order valence-electron chi connectivity index (χ2n) is 5.30. The molecule has 2 unspecified atom stereocenters. The fraction of sp³-hybridized carbons (Fsp3) is 0.615. The van der Waals surface area contributed by atoms with Crippen molar-refractivity contribution >= 4 is 11.8 Å². The summed E-state index contributed by atoms with van der Waals surface area (Å²) in [6, 6.07) is -0.638. The molecule has 19 heavy (non-hydrogen) atoms. The van der Waals surface area contributed by atoms with Crippen LogP contribution in [0.25, 0.3) is 0 Å². The Bertz CT molecular complexity index is 538. The Hall–Kier alpha value is -1.85. The molecule has 6 nitrogen and oxygen atoms in total. The van der Waals surface area contributed by atoms with Gasteiger partial charge in [0.15, 0.2) is 5.82 Å². The van der Waals surface area contributed by atoms with Crippen LogP contribution in [0.1, 0.15) is 33.2 Å². The van der Waals surface area contributed by atoms with Crippen molar-refractivity contribution in [3.8, 4) is 0 Å². The molecule has 0 spiro atoms. The molecule has 1 aromatic rings. The Balaban J connectivity index is 2.45. The van der Waals surface area contributed by atoms with E-state index in [2.05, 4.69) is 4.98 Å². The van der Waals surface area contributed by atoms with Crippen molar-refractivity contribution in [2.45, 2.75) is 39.3 Å². The Morgan fingerprint density at radius 3 is 2.79 bits per heavy atom. The number of aromatic nitrogens is 2. The van der Waals surface area contributed by atoms with Crippen LogP contribution in [0.2, 0.25) is 0 Å². The van der Waals surface area contributed by atoms with E-state index in [1.807, 2.05) is 20.8 Å². The molecule has 0 radical (unpaired) electrons. The van der Waals surface area contributed by atoms with Gasteiger partial charge in [0, 0.05) is 25.0 Å². The van der Waals surface area contributed by atoms with Crippen LogP contribution in [-0.2, 0) is 4.79 Å². The number of rotatable bonds is 3. The molecule has 0 aliphatic carbocycles. The molecular weight excluding hydrogens is 246 g/mol. The van der Waals surface area contributed by atoms with Crippen LogP contribution in [0.5, 0.6) is 0 Å². The normalized spacial score (nSPS) is 23.1. The summed E-state index contributed by atoms with van der Waals surface area (Å²) in [4.78, 5) is 29.4. The molecule has 1 aliphatic rings. The monoisotopic (exact) mass is 265 g/mol. The number of aliphatic carboxylic acids is 1. The average Bonchev–Trinajstić information content (AvgIpc) is 2.71. The van der Waals surface area contributed by atoms with E-state index in [9.17, 15) is 14.7 Å². The summed E-state index contributed by atoms with van der Waals surface area (Å²) in [7, 11) is 0. The van der Waals surface area contributed by atoms with Gasteiger partial charge in [0.2, 0.25) is 0 Å². The van der Waals surface area contributed by atoms with E-state index < -0.39 is 12.0 Å². The summed E-state index contributed by atoms with van der Waals surface area (Å²) in [5.41, 5.74) is -0.224. The maximum absolute atomic E-state index is 12.3. The van der Waals surface area contributed by atoms with Gasteiger partial charge in [-0.2, -0.15) is 0 Å². The molecule has 0 aromatic carbocycles. The first kappa shape index (κ1) is 13.6. The predicted octanol–water partition coefficient (Wildman–Crippen LogP) is 1.12. The fourth-order valence-electron chi connectivity index (χ4n) is 2.58. The third kappa shape index (κ3) is 2.34. The number of carboxylic acids is 1. The number of hydrogen-bond donors (Lipinski definition) is 1. The standard InChI is InChI=1S/C13H19N3O3/c1-8(2)15-7-5-14-11(12(15)17)16-6-4-9(3)10(16)13(18)19/h5,7-10H,4,6H2,1-3H3,(H,18,19). The molecule has 1 N–H and O–H groups in total. The van der Waals surface area contributed by atoms with Crippen molar-refractivity contribution in [3.63, 3.8) is 0 Å². The van der Waals surface area contributed by atoms with Gasteiger partial charge in [-0.15, -0.1) is 0 Å². The SMILES string of the molecule is CC1CCN(c2nccn(C(C)C)c2=O)C1C(=O)O. The molecule has 2 heterocycles. The maximum atomic E-state index is 12.3. The first-order valence-electron chi connectivity index (χ1n) is 6.50. The van der Waals surface area contributed by atoms with E-state index in [1.165, 1.54) is 0 Å². The Kier molecular flexibility index (Phi) is 3.59. The smallest absolute Gasteiger partial charge is 0.326 e. The summed E-state index contributed by atoms with van der Waals surface area (Å²) in [6.07, 6.45) is 3.94. The average molecular weight is 265 g/mol. The van der Waals surface area contributed by atoms with Gasteiger partial charge < -0.3 is 14.6 Å². The molecule has 2 atom stereocenters. The Morgan fingerprint density at radius 1 is 1.53 bits per heavy atom. The van der Waals surface area contributed by atoms with Crippen molar-refractivity contribution in [3.05, 3.63) is 22.7 Å². The Morgan fingerprint density at radius 2 is 2.21 bits per heavy atom. The minimum absolute atomic E-state index is 0.0198. The highest BCUT2D eigenvalue weighted by atomic mass is 16.4. The number of anilines is 1. The molecule has 1 saturated heterocycles. The second-order valence-corrected chi connectivity index (χ2v) is 5.30. The second kappa shape index (κ2) is 5.03. The van der Waals surface area contributed by atoms with Crippen LogP contribution in [-0.4, -0.2) is 33.2 Å². The van der Waals surface area contributed by atoms with E-state index in [1.54, 1.807) is 21.9 Å². The molecule has 6 heteroatoms. The van der Waals surface area contributed by atoms with Crippen molar-refractivity contribution in [1.29, 1.82) is 0 Å². The van der Waals surface area contributed by atoms with Crippen LogP contribution in [0.3, 0.4) is 0 Å². The first-order chi connectivity index (χ1) is 8.93. The van der Waals surface area contributed by atoms with Gasteiger partial charge in [-0.1, -0.05) is 6.92 Å². The van der Waals surface area contributed by atoms with Crippen LogP contribution >= 0.6 is 0 Å². The summed E-state index contributed by atoms with van der Waals surface area (Å²) in [5.74, 6) is -0.634. The zero-order valence-corrected chi connectivity index (χ0v) is 11.4. The number of hydrogen-bond acceptors (Lipinski definition) is 4. The van der Waals surface area contributed by atoms with Crippen molar-refractivity contribution < 1.29 is 9.90 Å². The van der Waals surface area contributed by atoms with E-state index in [0.717, 1.165) is 6.42 Å². The lowest BCUT2D eigenvalue weighted by Gasteiger charge is -2.24. The third-order valence-electron chi connectivity index (χ3n) is 3.63. The van der Waals surface area contributed by atoms with Gasteiger partial charge in [0.05, 0.1) is 0 Å². The lowest BCUT2D eigenvalue weighted by atomic mass is 10.0. The van der Waals surface area contributed by atoms with Crippen molar-refractivity contribution in [2.24, 2.45) is 5.92 Å².